The number of halogens is 1. The smallest absolute Gasteiger partial charge is 0.126 e. The fourth-order valence-corrected chi connectivity index (χ4v) is 1.22. The number of aryl methyl sites for hydroxylation is 1. The minimum absolute atomic E-state index is 0.0557. The fourth-order valence-electron chi connectivity index (χ4n) is 1.22. The number of nitrogens with two attached hydrogens (primary N) is 1. The Morgan fingerprint density at radius 3 is 2.86 bits per heavy atom. The van der Waals surface area contributed by atoms with E-state index in [1.54, 1.807) is 6.07 Å². The van der Waals surface area contributed by atoms with Crippen LogP contribution in [-0.4, -0.2) is 6.04 Å². The second-order valence-electron chi connectivity index (χ2n) is 3.43. The van der Waals surface area contributed by atoms with Gasteiger partial charge in [-0.15, -0.1) is 0 Å². The first-order valence-electron chi connectivity index (χ1n) is 4.57. The van der Waals surface area contributed by atoms with Crippen LogP contribution in [-0.2, 0) is 6.42 Å². The van der Waals surface area contributed by atoms with E-state index in [-0.39, 0.29) is 11.9 Å². The minimum atomic E-state index is -0.260. The molecule has 0 radical (unpaired) electrons. The molecule has 1 aromatic carbocycles. The summed E-state index contributed by atoms with van der Waals surface area (Å²) < 4.78 is 13.2. The van der Waals surface area contributed by atoms with E-state index in [1.807, 2.05) is 13.0 Å². The molecule has 1 atom stereocenters. The maximum atomic E-state index is 13.2. The normalized spacial score (nSPS) is 12.1. The summed E-state index contributed by atoms with van der Waals surface area (Å²) in [6.07, 6.45) is 1.31. The van der Waals surface area contributed by atoms with Gasteiger partial charge in [-0.3, -0.25) is 0 Å². The predicted octanol–water partition coefficient (Wildman–Crippen LogP) is 1.98. The largest absolute Gasteiger partial charge is 0.328 e. The minimum Gasteiger partial charge on any atom is -0.328 e. The second-order valence-corrected chi connectivity index (χ2v) is 3.43. The average Bonchev–Trinajstić information content (AvgIpc) is 2.16. The zero-order valence-electron chi connectivity index (χ0n) is 8.13. The van der Waals surface area contributed by atoms with Gasteiger partial charge in [0.25, 0.3) is 0 Å². The quantitative estimate of drug-likeness (QED) is 0.796. The Balaban J connectivity index is 2.80. The monoisotopic (exact) mass is 192 g/mol. The molecule has 1 unspecified atom stereocenters. The van der Waals surface area contributed by atoms with Crippen molar-refractivity contribution in [2.75, 3.05) is 0 Å². The Hall–Kier alpha value is -1.40. The molecule has 0 fully saturated rings. The van der Waals surface area contributed by atoms with Crippen molar-refractivity contribution in [2.45, 2.75) is 25.8 Å². The molecule has 0 aromatic heterocycles. The summed E-state index contributed by atoms with van der Waals surface area (Å²) in [5.74, 6) is -0.260. The van der Waals surface area contributed by atoms with Crippen LogP contribution in [0, 0.1) is 17.1 Å². The van der Waals surface area contributed by atoms with Crippen LogP contribution in [0.4, 0.5) is 4.39 Å². The highest BCUT2D eigenvalue weighted by molar-refractivity contribution is 5.33. The van der Waals surface area contributed by atoms with Crippen LogP contribution >= 0.6 is 0 Å². The van der Waals surface area contributed by atoms with Crippen LogP contribution in [0.2, 0.25) is 0 Å². The van der Waals surface area contributed by atoms with Gasteiger partial charge in [0.15, 0.2) is 0 Å². The van der Waals surface area contributed by atoms with Gasteiger partial charge in [0.05, 0.1) is 11.6 Å². The van der Waals surface area contributed by atoms with Gasteiger partial charge >= 0.3 is 0 Å². The van der Waals surface area contributed by atoms with Crippen molar-refractivity contribution < 1.29 is 4.39 Å². The van der Waals surface area contributed by atoms with Crippen molar-refractivity contribution in [3.63, 3.8) is 0 Å². The van der Waals surface area contributed by atoms with Gasteiger partial charge in [-0.25, -0.2) is 4.39 Å². The van der Waals surface area contributed by atoms with Gasteiger partial charge in [-0.05, 0) is 43.5 Å². The molecule has 0 heterocycles. The van der Waals surface area contributed by atoms with Crippen LogP contribution in [0.15, 0.2) is 18.2 Å². The number of nitrogens with zero attached hydrogens (tertiary/aromatic N) is 1. The zero-order valence-corrected chi connectivity index (χ0v) is 8.13. The SMILES string of the molecule is CC(N)CCc1cc(C#N)ccc1F. The highest BCUT2D eigenvalue weighted by Gasteiger charge is 2.04. The molecule has 0 amide bonds. The summed E-state index contributed by atoms with van der Waals surface area (Å²) in [6, 6.07) is 6.43. The number of hydrogen-bond donors (Lipinski definition) is 1. The van der Waals surface area contributed by atoms with E-state index >= 15 is 0 Å². The van der Waals surface area contributed by atoms with Gasteiger partial charge in [-0.1, -0.05) is 0 Å². The molecule has 1 rings (SSSR count). The van der Waals surface area contributed by atoms with E-state index in [0.29, 0.717) is 17.5 Å². The first-order chi connectivity index (χ1) is 6.63. The predicted molar refractivity (Wildman–Crippen MR) is 53.1 cm³/mol. The average molecular weight is 192 g/mol. The third kappa shape index (κ3) is 2.82. The van der Waals surface area contributed by atoms with Crippen LogP contribution in [0.3, 0.4) is 0 Å². The van der Waals surface area contributed by atoms with E-state index < -0.39 is 0 Å². The van der Waals surface area contributed by atoms with Crippen molar-refractivity contribution in [3.05, 3.63) is 35.1 Å². The molecule has 2 nitrogen and oxygen atoms in total. The molecule has 0 spiro atoms. The van der Waals surface area contributed by atoms with E-state index in [4.69, 9.17) is 11.0 Å². The zero-order chi connectivity index (χ0) is 10.6. The Labute approximate surface area is 83.2 Å². The van der Waals surface area contributed by atoms with Crippen molar-refractivity contribution in [3.8, 4) is 6.07 Å². The van der Waals surface area contributed by atoms with Crippen molar-refractivity contribution in [1.82, 2.24) is 0 Å². The highest BCUT2D eigenvalue weighted by atomic mass is 19.1. The molecular formula is C11H13FN2. The third-order valence-electron chi connectivity index (χ3n) is 2.04. The molecule has 0 bridgehead atoms. The van der Waals surface area contributed by atoms with E-state index in [1.165, 1.54) is 12.1 Å². The van der Waals surface area contributed by atoms with Crippen LogP contribution in [0.5, 0.6) is 0 Å². The van der Waals surface area contributed by atoms with Gasteiger partial charge in [0, 0.05) is 6.04 Å². The maximum Gasteiger partial charge on any atom is 0.126 e. The number of rotatable bonds is 3. The standard InChI is InChI=1S/C11H13FN2/c1-8(14)2-4-10-6-9(7-13)3-5-11(10)12/h3,5-6,8H,2,4,14H2,1H3. The number of hydrogen-bond acceptors (Lipinski definition) is 2. The van der Waals surface area contributed by atoms with Gasteiger partial charge in [0.1, 0.15) is 5.82 Å². The molecule has 74 valence electrons. The highest BCUT2D eigenvalue weighted by Crippen LogP contribution is 2.12. The molecule has 1 aromatic rings. The van der Waals surface area contributed by atoms with Crippen molar-refractivity contribution in [2.24, 2.45) is 5.73 Å². The molecule has 14 heavy (non-hydrogen) atoms. The summed E-state index contributed by atoms with van der Waals surface area (Å²) in [6.45, 7) is 1.88. The van der Waals surface area contributed by atoms with Crippen molar-refractivity contribution >= 4 is 0 Å². The Morgan fingerprint density at radius 1 is 1.57 bits per heavy atom. The van der Waals surface area contributed by atoms with Gasteiger partial charge < -0.3 is 5.73 Å². The van der Waals surface area contributed by atoms with Crippen LogP contribution in [0.1, 0.15) is 24.5 Å². The molecule has 3 heteroatoms. The lowest BCUT2D eigenvalue weighted by molar-refractivity contribution is 0.590. The maximum absolute atomic E-state index is 13.2. The lowest BCUT2D eigenvalue weighted by Crippen LogP contribution is -2.15. The summed E-state index contributed by atoms with van der Waals surface area (Å²) in [4.78, 5) is 0. The summed E-state index contributed by atoms with van der Waals surface area (Å²) in [5.41, 5.74) is 6.64. The number of nitriles is 1. The number of benzene rings is 1. The van der Waals surface area contributed by atoms with Crippen LogP contribution in [0.25, 0.3) is 0 Å². The molecule has 0 saturated heterocycles. The Bertz CT molecular complexity index is 353. The summed E-state index contributed by atoms with van der Waals surface area (Å²) in [5, 5.41) is 8.63. The Kier molecular flexibility index (Phi) is 3.61. The molecule has 0 saturated carbocycles. The van der Waals surface area contributed by atoms with E-state index in [2.05, 4.69) is 0 Å². The molecular weight excluding hydrogens is 179 g/mol. The molecule has 0 aliphatic carbocycles. The fraction of sp³-hybridized carbons (Fsp3) is 0.364. The summed E-state index contributed by atoms with van der Waals surface area (Å²) >= 11 is 0. The van der Waals surface area contributed by atoms with Crippen molar-refractivity contribution in [1.29, 1.82) is 5.26 Å². The topological polar surface area (TPSA) is 49.8 Å². The molecule has 2 N–H and O–H groups in total. The molecule has 0 aliphatic heterocycles. The second kappa shape index (κ2) is 4.73. The first kappa shape index (κ1) is 10.7. The summed E-state index contributed by atoms with van der Waals surface area (Å²) in [7, 11) is 0. The lowest BCUT2D eigenvalue weighted by atomic mass is 10.0. The van der Waals surface area contributed by atoms with Gasteiger partial charge in [0.2, 0.25) is 0 Å². The van der Waals surface area contributed by atoms with Gasteiger partial charge in [-0.2, -0.15) is 5.26 Å². The van der Waals surface area contributed by atoms with E-state index in [9.17, 15) is 4.39 Å². The van der Waals surface area contributed by atoms with E-state index in [0.717, 1.165) is 6.42 Å². The van der Waals surface area contributed by atoms with Crippen LogP contribution < -0.4 is 5.73 Å². The third-order valence-corrected chi connectivity index (χ3v) is 2.04. The Morgan fingerprint density at radius 2 is 2.29 bits per heavy atom. The molecule has 0 aliphatic rings. The lowest BCUT2D eigenvalue weighted by Gasteiger charge is -2.06. The first-order valence-corrected chi connectivity index (χ1v) is 4.57.